The Balaban J connectivity index is 1.48. The molecule has 1 amide bonds. The van der Waals surface area contributed by atoms with E-state index in [2.05, 4.69) is 30.9 Å². The van der Waals surface area contributed by atoms with Gasteiger partial charge in [-0.3, -0.25) is 23.7 Å². The molecular formula is C33H39N5O4. The van der Waals surface area contributed by atoms with Crippen molar-refractivity contribution >= 4 is 5.91 Å². The summed E-state index contributed by atoms with van der Waals surface area (Å²) >= 11 is 0. The van der Waals surface area contributed by atoms with E-state index in [0.717, 1.165) is 59.5 Å². The van der Waals surface area contributed by atoms with E-state index in [0.29, 0.717) is 36.8 Å². The van der Waals surface area contributed by atoms with Crippen LogP contribution < -0.4 is 11.3 Å². The lowest BCUT2D eigenvalue weighted by Crippen LogP contribution is -2.36. The predicted molar refractivity (Wildman–Crippen MR) is 162 cm³/mol. The highest BCUT2D eigenvalue weighted by molar-refractivity contribution is 5.80. The zero-order chi connectivity index (χ0) is 29.8. The second-order valence-corrected chi connectivity index (χ2v) is 11.7. The second-order valence-electron chi connectivity index (χ2n) is 11.7. The first kappa shape index (κ1) is 29.2. The fourth-order valence-corrected chi connectivity index (χ4v) is 5.40. The number of aryl methyl sites for hydroxylation is 1. The number of aromatic amines is 1. The van der Waals surface area contributed by atoms with Gasteiger partial charge in [0.1, 0.15) is 5.82 Å². The molecule has 9 heteroatoms. The first-order chi connectivity index (χ1) is 20.2. The molecule has 2 heterocycles. The maximum absolute atomic E-state index is 14.1. The average molecular weight is 570 g/mol. The fraction of sp³-hybridized carbons (Fsp3) is 0.424. The van der Waals surface area contributed by atoms with Gasteiger partial charge in [-0.15, -0.1) is 0 Å². The van der Waals surface area contributed by atoms with Crippen LogP contribution in [0.25, 0.3) is 22.5 Å². The summed E-state index contributed by atoms with van der Waals surface area (Å²) in [4.78, 5) is 48.2. The third-order valence-electron chi connectivity index (χ3n) is 7.71. The molecule has 5 rings (SSSR count). The summed E-state index contributed by atoms with van der Waals surface area (Å²) in [7, 11) is 1.81. The van der Waals surface area contributed by atoms with Crippen LogP contribution in [0.2, 0.25) is 0 Å². The first-order valence-corrected chi connectivity index (χ1v) is 14.9. The fourth-order valence-electron chi connectivity index (χ4n) is 5.40. The average Bonchev–Trinajstić information content (AvgIpc) is 3.73. The largest absolute Gasteiger partial charge is 0.439 e. The molecular weight excluding hydrogens is 530 g/mol. The van der Waals surface area contributed by atoms with Gasteiger partial charge in [0.2, 0.25) is 5.91 Å². The molecule has 2 aromatic carbocycles. The third-order valence-corrected chi connectivity index (χ3v) is 7.71. The van der Waals surface area contributed by atoms with Crippen molar-refractivity contribution in [3.05, 3.63) is 92.1 Å². The monoisotopic (exact) mass is 569 g/mol. The molecule has 1 N–H and O–H groups in total. The Morgan fingerprint density at radius 1 is 1.10 bits per heavy atom. The summed E-state index contributed by atoms with van der Waals surface area (Å²) in [5.74, 6) is 1.13. The molecule has 0 bridgehead atoms. The van der Waals surface area contributed by atoms with E-state index in [1.807, 2.05) is 48.5 Å². The number of nitrogens with one attached hydrogen (secondary N) is 1. The van der Waals surface area contributed by atoms with Gasteiger partial charge in [-0.1, -0.05) is 80.9 Å². The van der Waals surface area contributed by atoms with Crippen LogP contribution >= 0.6 is 0 Å². The zero-order valence-electron chi connectivity index (χ0n) is 24.9. The van der Waals surface area contributed by atoms with Gasteiger partial charge in [0.15, 0.2) is 5.82 Å². The van der Waals surface area contributed by atoms with Crippen molar-refractivity contribution in [1.29, 1.82) is 0 Å². The molecule has 4 aromatic rings. The SMILES string of the molecule is CCCCc1nc(C2CC2)c(CC(=O)N(C)CC(C)C)c(=O)n1Cc1ccc(-c2ccccc2-c2noc(=O)[nH]2)cc1. The van der Waals surface area contributed by atoms with Gasteiger partial charge in [-0.05, 0) is 41.9 Å². The minimum Gasteiger partial charge on any atom is -0.345 e. The maximum Gasteiger partial charge on any atom is 0.439 e. The number of rotatable bonds is 12. The van der Waals surface area contributed by atoms with Gasteiger partial charge in [0.25, 0.3) is 5.56 Å². The Bertz CT molecular complexity index is 1660. The molecule has 1 fully saturated rings. The minimum atomic E-state index is -0.603. The molecule has 1 saturated carbocycles. The van der Waals surface area contributed by atoms with E-state index in [-0.39, 0.29) is 23.8 Å². The van der Waals surface area contributed by atoms with Crippen molar-refractivity contribution in [3.8, 4) is 22.5 Å². The molecule has 42 heavy (non-hydrogen) atoms. The lowest BCUT2D eigenvalue weighted by molar-refractivity contribution is -0.129. The molecule has 0 radical (unpaired) electrons. The number of hydrogen-bond acceptors (Lipinski definition) is 6. The number of likely N-dealkylation sites (N-methyl/N-ethyl adjacent to an activating group) is 1. The van der Waals surface area contributed by atoms with E-state index < -0.39 is 5.76 Å². The lowest BCUT2D eigenvalue weighted by Gasteiger charge is -2.21. The number of H-pyrrole nitrogens is 1. The molecule has 0 saturated heterocycles. The highest BCUT2D eigenvalue weighted by Crippen LogP contribution is 2.40. The van der Waals surface area contributed by atoms with Crippen molar-refractivity contribution in [2.75, 3.05) is 13.6 Å². The zero-order valence-corrected chi connectivity index (χ0v) is 24.9. The van der Waals surface area contributed by atoms with E-state index in [9.17, 15) is 14.4 Å². The predicted octanol–water partition coefficient (Wildman–Crippen LogP) is 5.18. The van der Waals surface area contributed by atoms with Crippen LogP contribution in [-0.4, -0.2) is 44.1 Å². The van der Waals surface area contributed by atoms with Gasteiger partial charge >= 0.3 is 5.76 Å². The summed E-state index contributed by atoms with van der Waals surface area (Å²) in [5.41, 5.74) is 4.83. The Morgan fingerprint density at radius 3 is 2.43 bits per heavy atom. The molecule has 0 aliphatic heterocycles. The Labute approximate surface area is 245 Å². The van der Waals surface area contributed by atoms with Crippen LogP contribution in [-0.2, 0) is 24.2 Å². The summed E-state index contributed by atoms with van der Waals surface area (Å²) < 4.78 is 6.49. The summed E-state index contributed by atoms with van der Waals surface area (Å²) in [6, 6.07) is 15.7. The summed E-state index contributed by atoms with van der Waals surface area (Å²) in [5, 5.41) is 3.85. The van der Waals surface area contributed by atoms with Crippen LogP contribution in [0.15, 0.2) is 62.6 Å². The number of aromatic nitrogens is 4. The molecule has 9 nitrogen and oxygen atoms in total. The van der Waals surface area contributed by atoms with Crippen molar-refractivity contribution in [3.63, 3.8) is 0 Å². The Kier molecular flexibility index (Phi) is 8.85. The van der Waals surface area contributed by atoms with Crippen LogP contribution in [0.3, 0.4) is 0 Å². The molecule has 220 valence electrons. The number of hydrogen-bond donors (Lipinski definition) is 1. The lowest BCUT2D eigenvalue weighted by atomic mass is 9.98. The van der Waals surface area contributed by atoms with Crippen molar-refractivity contribution < 1.29 is 9.32 Å². The van der Waals surface area contributed by atoms with Crippen molar-refractivity contribution in [1.82, 2.24) is 24.6 Å². The Morgan fingerprint density at radius 2 is 1.81 bits per heavy atom. The number of benzene rings is 2. The van der Waals surface area contributed by atoms with E-state index in [1.54, 1.807) is 16.5 Å². The smallest absolute Gasteiger partial charge is 0.345 e. The van der Waals surface area contributed by atoms with E-state index in [4.69, 9.17) is 9.51 Å². The molecule has 1 aliphatic carbocycles. The van der Waals surface area contributed by atoms with Crippen molar-refractivity contribution in [2.24, 2.45) is 5.92 Å². The highest BCUT2D eigenvalue weighted by atomic mass is 16.5. The summed E-state index contributed by atoms with van der Waals surface area (Å²) in [6.45, 7) is 7.31. The topological polar surface area (TPSA) is 114 Å². The van der Waals surface area contributed by atoms with Gasteiger partial charge in [-0.25, -0.2) is 9.78 Å². The maximum atomic E-state index is 14.1. The third kappa shape index (κ3) is 6.61. The van der Waals surface area contributed by atoms with Crippen LogP contribution in [0, 0.1) is 5.92 Å². The van der Waals surface area contributed by atoms with Gasteiger partial charge in [0.05, 0.1) is 18.7 Å². The van der Waals surface area contributed by atoms with Gasteiger partial charge in [-0.2, -0.15) is 0 Å². The van der Waals surface area contributed by atoms with Crippen LogP contribution in [0.5, 0.6) is 0 Å². The molecule has 0 unspecified atom stereocenters. The van der Waals surface area contributed by atoms with Crippen molar-refractivity contribution in [2.45, 2.75) is 71.8 Å². The number of carbonyl (C=O) groups is 1. The standard InChI is InChI=1S/C33H39N5O4/c1-5-6-11-28-34-30(24-16-17-24)27(18-29(39)37(4)19-21(2)3)32(40)38(28)20-22-12-14-23(15-13-22)25-9-7-8-10-26(25)31-35-33(41)42-36-31/h7-10,12-15,21,24H,5-6,11,16-20H2,1-4H3,(H,35,36,41). The van der Waals surface area contributed by atoms with Crippen LogP contribution in [0.1, 0.15) is 75.0 Å². The number of amides is 1. The summed E-state index contributed by atoms with van der Waals surface area (Å²) in [6.07, 6.45) is 4.75. The van der Waals surface area contributed by atoms with E-state index in [1.165, 1.54) is 0 Å². The molecule has 0 atom stereocenters. The van der Waals surface area contributed by atoms with Gasteiger partial charge < -0.3 is 4.90 Å². The Hall–Kier alpha value is -4.27. The van der Waals surface area contributed by atoms with Gasteiger partial charge in [0, 0.05) is 37.1 Å². The number of nitrogens with zero attached hydrogens (tertiary/aromatic N) is 4. The molecule has 2 aromatic heterocycles. The molecule has 0 spiro atoms. The van der Waals surface area contributed by atoms with Crippen LogP contribution in [0.4, 0.5) is 0 Å². The minimum absolute atomic E-state index is 0.0474. The first-order valence-electron chi connectivity index (χ1n) is 14.9. The normalized spacial score (nSPS) is 13.1. The number of unbranched alkanes of at least 4 members (excludes halogenated alkanes) is 1. The number of carbonyl (C=O) groups excluding carboxylic acids is 1. The second kappa shape index (κ2) is 12.7. The highest BCUT2D eigenvalue weighted by Gasteiger charge is 2.32. The molecule has 1 aliphatic rings. The van der Waals surface area contributed by atoms with E-state index >= 15 is 0 Å². The quantitative estimate of drug-likeness (QED) is 0.252.